The van der Waals surface area contributed by atoms with Gasteiger partial charge in [-0.15, -0.1) is 0 Å². The molecule has 1 aliphatic carbocycles. The third kappa shape index (κ3) is 4.50. The maximum absolute atomic E-state index is 4.42. The van der Waals surface area contributed by atoms with Gasteiger partial charge in [0.1, 0.15) is 0 Å². The maximum Gasteiger partial charge on any atom is 0.0543 e. The van der Waals surface area contributed by atoms with E-state index < -0.39 is 0 Å². The zero-order valence-corrected chi connectivity index (χ0v) is 12.6. The van der Waals surface area contributed by atoms with Gasteiger partial charge in [0.25, 0.3) is 0 Å². The van der Waals surface area contributed by atoms with Crippen molar-refractivity contribution in [1.82, 2.24) is 15.1 Å². The average molecular weight is 261 g/mol. The number of nitrogens with zero attached hydrogens (tertiary/aromatic N) is 2. The van der Waals surface area contributed by atoms with E-state index in [1.54, 1.807) is 5.57 Å². The molecule has 3 nitrogen and oxygen atoms in total. The quantitative estimate of drug-likeness (QED) is 0.648. The zero-order valence-electron chi connectivity index (χ0n) is 12.6. The molecular weight excluding hydrogens is 234 g/mol. The lowest BCUT2D eigenvalue weighted by atomic mass is 9.97. The standard InChI is InChI=1S/C16H27N3/c1-16(2,3)19-13-15(12-18-19)11-17-10-9-14-7-5-4-6-8-14/h7,12-13,17H,4-6,8-11H2,1-3H3. The summed E-state index contributed by atoms with van der Waals surface area (Å²) in [7, 11) is 0. The molecule has 1 aromatic rings. The molecule has 0 spiro atoms. The van der Waals surface area contributed by atoms with Crippen molar-refractivity contribution in [2.24, 2.45) is 0 Å². The summed E-state index contributed by atoms with van der Waals surface area (Å²) in [5.41, 5.74) is 2.99. The molecule has 0 fully saturated rings. The van der Waals surface area contributed by atoms with Gasteiger partial charge < -0.3 is 5.32 Å². The van der Waals surface area contributed by atoms with Crippen molar-refractivity contribution in [3.05, 3.63) is 29.6 Å². The first-order chi connectivity index (χ1) is 9.05. The summed E-state index contributed by atoms with van der Waals surface area (Å²) in [5, 5.41) is 7.94. The minimum absolute atomic E-state index is 0.0746. The zero-order chi connectivity index (χ0) is 13.7. The smallest absolute Gasteiger partial charge is 0.0543 e. The van der Waals surface area contributed by atoms with Crippen molar-refractivity contribution >= 4 is 0 Å². The Morgan fingerprint density at radius 2 is 2.16 bits per heavy atom. The fourth-order valence-electron chi connectivity index (χ4n) is 2.43. The van der Waals surface area contributed by atoms with E-state index in [-0.39, 0.29) is 5.54 Å². The summed E-state index contributed by atoms with van der Waals surface area (Å²) >= 11 is 0. The molecule has 3 heteroatoms. The molecule has 19 heavy (non-hydrogen) atoms. The van der Waals surface area contributed by atoms with E-state index >= 15 is 0 Å². The molecule has 0 radical (unpaired) electrons. The summed E-state index contributed by atoms with van der Waals surface area (Å²) in [4.78, 5) is 0. The second kappa shape index (κ2) is 6.38. The SMILES string of the molecule is CC(C)(C)n1cc(CNCCC2=CCCCC2)cn1. The topological polar surface area (TPSA) is 29.9 Å². The first kappa shape index (κ1) is 14.3. The Labute approximate surface area is 117 Å². The van der Waals surface area contributed by atoms with Crippen LogP contribution in [0.25, 0.3) is 0 Å². The fraction of sp³-hybridized carbons (Fsp3) is 0.688. The van der Waals surface area contributed by atoms with Gasteiger partial charge in [0.2, 0.25) is 0 Å². The van der Waals surface area contributed by atoms with Crippen molar-refractivity contribution in [1.29, 1.82) is 0 Å². The Morgan fingerprint density at radius 1 is 1.32 bits per heavy atom. The highest BCUT2D eigenvalue weighted by atomic mass is 15.3. The van der Waals surface area contributed by atoms with Gasteiger partial charge in [-0.2, -0.15) is 5.10 Å². The molecule has 2 rings (SSSR count). The van der Waals surface area contributed by atoms with E-state index in [1.165, 1.54) is 37.7 Å². The number of rotatable bonds is 5. The molecule has 0 saturated heterocycles. The van der Waals surface area contributed by atoms with E-state index in [0.29, 0.717) is 0 Å². The Bertz CT molecular complexity index is 423. The van der Waals surface area contributed by atoms with Crippen LogP contribution in [-0.2, 0) is 12.1 Å². The minimum atomic E-state index is 0.0746. The average Bonchev–Trinajstić information content (AvgIpc) is 2.85. The predicted molar refractivity (Wildman–Crippen MR) is 80.1 cm³/mol. The normalized spacial score (nSPS) is 16.5. The Kier molecular flexibility index (Phi) is 4.81. The van der Waals surface area contributed by atoms with Gasteiger partial charge in [-0.3, -0.25) is 4.68 Å². The second-order valence-electron chi connectivity index (χ2n) is 6.50. The lowest BCUT2D eigenvalue weighted by molar-refractivity contribution is 0.355. The molecule has 0 unspecified atom stereocenters. The molecule has 1 N–H and O–H groups in total. The third-order valence-electron chi connectivity index (χ3n) is 3.66. The van der Waals surface area contributed by atoms with Crippen LogP contribution in [0.4, 0.5) is 0 Å². The summed E-state index contributed by atoms with van der Waals surface area (Å²) in [6.45, 7) is 8.52. The maximum atomic E-state index is 4.42. The number of nitrogens with one attached hydrogen (secondary N) is 1. The molecule has 0 saturated carbocycles. The van der Waals surface area contributed by atoms with Crippen LogP contribution in [0.1, 0.15) is 58.4 Å². The molecule has 106 valence electrons. The summed E-state index contributed by atoms with van der Waals surface area (Å²) < 4.78 is 2.04. The molecule has 1 aliphatic rings. The Morgan fingerprint density at radius 3 is 2.79 bits per heavy atom. The number of hydrogen-bond donors (Lipinski definition) is 1. The van der Waals surface area contributed by atoms with Crippen LogP contribution in [-0.4, -0.2) is 16.3 Å². The second-order valence-corrected chi connectivity index (χ2v) is 6.50. The number of hydrogen-bond acceptors (Lipinski definition) is 2. The van der Waals surface area contributed by atoms with Gasteiger partial charge >= 0.3 is 0 Å². The third-order valence-corrected chi connectivity index (χ3v) is 3.66. The molecule has 0 amide bonds. The first-order valence-electron chi connectivity index (χ1n) is 7.48. The highest BCUT2D eigenvalue weighted by Crippen LogP contribution is 2.19. The van der Waals surface area contributed by atoms with Crippen LogP contribution in [0.5, 0.6) is 0 Å². The fourth-order valence-corrected chi connectivity index (χ4v) is 2.43. The van der Waals surface area contributed by atoms with Crippen LogP contribution in [0.15, 0.2) is 24.0 Å². The molecule has 0 aromatic carbocycles. The summed E-state index contributed by atoms with van der Waals surface area (Å²) in [6, 6.07) is 0. The van der Waals surface area contributed by atoms with Gasteiger partial charge in [0.05, 0.1) is 11.7 Å². The highest BCUT2D eigenvalue weighted by molar-refractivity contribution is 5.07. The van der Waals surface area contributed by atoms with Gasteiger partial charge in [0.15, 0.2) is 0 Å². The molecule has 1 aromatic heterocycles. The molecule has 0 bridgehead atoms. The Balaban J connectivity index is 1.71. The molecule has 0 aliphatic heterocycles. The van der Waals surface area contributed by atoms with Gasteiger partial charge in [-0.1, -0.05) is 11.6 Å². The van der Waals surface area contributed by atoms with E-state index in [9.17, 15) is 0 Å². The molecular formula is C16H27N3. The van der Waals surface area contributed by atoms with E-state index in [4.69, 9.17) is 0 Å². The van der Waals surface area contributed by atoms with Gasteiger partial charge in [-0.05, 0) is 59.4 Å². The van der Waals surface area contributed by atoms with Crippen LogP contribution in [0, 0.1) is 0 Å². The molecule has 1 heterocycles. The lowest BCUT2D eigenvalue weighted by Crippen LogP contribution is -2.22. The van der Waals surface area contributed by atoms with Crippen molar-refractivity contribution in [3.8, 4) is 0 Å². The number of aromatic nitrogens is 2. The van der Waals surface area contributed by atoms with E-state index in [0.717, 1.165) is 13.1 Å². The predicted octanol–water partition coefficient (Wildman–Crippen LogP) is 3.62. The number of allylic oxidation sites excluding steroid dienone is 1. The Hall–Kier alpha value is -1.09. The van der Waals surface area contributed by atoms with Crippen molar-refractivity contribution < 1.29 is 0 Å². The van der Waals surface area contributed by atoms with Crippen molar-refractivity contribution in [2.75, 3.05) is 6.54 Å². The van der Waals surface area contributed by atoms with Gasteiger partial charge in [-0.25, -0.2) is 0 Å². The largest absolute Gasteiger partial charge is 0.312 e. The summed E-state index contributed by atoms with van der Waals surface area (Å²) in [5.74, 6) is 0. The molecule has 0 atom stereocenters. The van der Waals surface area contributed by atoms with Crippen LogP contribution in [0.2, 0.25) is 0 Å². The van der Waals surface area contributed by atoms with Crippen LogP contribution in [0.3, 0.4) is 0 Å². The first-order valence-corrected chi connectivity index (χ1v) is 7.48. The highest BCUT2D eigenvalue weighted by Gasteiger charge is 2.13. The van der Waals surface area contributed by atoms with Crippen molar-refractivity contribution in [3.63, 3.8) is 0 Å². The van der Waals surface area contributed by atoms with E-state index in [2.05, 4.69) is 43.5 Å². The minimum Gasteiger partial charge on any atom is -0.312 e. The monoisotopic (exact) mass is 261 g/mol. The van der Waals surface area contributed by atoms with Crippen molar-refractivity contribution in [2.45, 2.75) is 65.0 Å². The lowest BCUT2D eigenvalue weighted by Gasteiger charge is -2.18. The van der Waals surface area contributed by atoms with E-state index in [1.807, 2.05) is 10.9 Å². The van der Waals surface area contributed by atoms with Crippen LogP contribution < -0.4 is 5.32 Å². The summed E-state index contributed by atoms with van der Waals surface area (Å²) in [6.07, 6.45) is 13.1. The van der Waals surface area contributed by atoms with Crippen LogP contribution >= 0.6 is 0 Å². The van der Waals surface area contributed by atoms with Gasteiger partial charge in [0, 0.05) is 18.3 Å².